The molecule has 0 radical (unpaired) electrons. The van der Waals surface area contributed by atoms with Gasteiger partial charge in [-0.05, 0) is 66.6 Å². The summed E-state index contributed by atoms with van der Waals surface area (Å²) in [5.74, 6) is 2.55. The van der Waals surface area contributed by atoms with Gasteiger partial charge in [0.25, 0.3) is 0 Å². The third-order valence-electron chi connectivity index (χ3n) is 5.27. The maximum Gasteiger partial charge on any atom is 0.161 e. The van der Waals surface area contributed by atoms with E-state index in [1.165, 1.54) is 22.3 Å². The van der Waals surface area contributed by atoms with Crippen molar-refractivity contribution in [3.05, 3.63) is 52.6 Å². The number of rotatable bonds is 6. The summed E-state index contributed by atoms with van der Waals surface area (Å²) in [6.45, 7) is 12.9. The molecule has 4 heteroatoms. The Hall–Kier alpha value is -2.20. The van der Waals surface area contributed by atoms with Crippen molar-refractivity contribution in [3.8, 4) is 17.2 Å². The fourth-order valence-electron chi connectivity index (χ4n) is 3.80. The summed E-state index contributed by atoms with van der Waals surface area (Å²) < 4.78 is 17.5. The van der Waals surface area contributed by atoms with Crippen LogP contribution in [0.15, 0.2) is 30.3 Å². The minimum Gasteiger partial charge on any atom is -0.496 e. The van der Waals surface area contributed by atoms with Gasteiger partial charge >= 0.3 is 0 Å². The van der Waals surface area contributed by atoms with E-state index < -0.39 is 0 Å². The van der Waals surface area contributed by atoms with Crippen LogP contribution < -0.4 is 19.5 Å². The first-order chi connectivity index (χ1) is 13.4. The summed E-state index contributed by atoms with van der Waals surface area (Å²) in [5, 5.41) is 3.69. The summed E-state index contributed by atoms with van der Waals surface area (Å²) in [6.07, 6.45) is 0.972. The van der Waals surface area contributed by atoms with Crippen molar-refractivity contribution in [1.82, 2.24) is 5.32 Å². The molecule has 152 valence electrons. The number of benzene rings is 2. The highest BCUT2D eigenvalue weighted by Crippen LogP contribution is 2.41. The molecule has 4 nitrogen and oxygen atoms in total. The molecule has 1 heterocycles. The van der Waals surface area contributed by atoms with Crippen molar-refractivity contribution in [2.75, 3.05) is 26.9 Å². The van der Waals surface area contributed by atoms with Gasteiger partial charge in [-0.15, -0.1) is 0 Å². The molecule has 1 aliphatic heterocycles. The Bertz CT molecular complexity index is 823. The summed E-state index contributed by atoms with van der Waals surface area (Å²) >= 11 is 0. The third kappa shape index (κ3) is 4.12. The summed E-state index contributed by atoms with van der Waals surface area (Å²) in [5.41, 5.74) is 5.09. The van der Waals surface area contributed by atoms with Crippen LogP contribution in [0.3, 0.4) is 0 Å². The lowest BCUT2D eigenvalue weighted by molar-refractivity contribution is 0.286. The zero-order valence-electron chi connectivity index (χ0n) is 18.0. The van der Waals surface area contributed by atoms with Crippen LogP contribution in [0.5, 0.6) is 17.2 Å². The first-order valence-corrected chi connectivity index (χ1v) is 10.2. The van der Waals surface area contributed by atoms with E-state index in [4.69, 9.17) is 14.2 Å². The second kappa shape index (κ2) is 8.44. The van der Waals surface area contributed by atoms with E-state index in [-0.39, 0.29) is 11.5 Å². The number of hydrogen-bond donors (Lipinski definition) is 1. The van der Waals surface area contributed by atoms with E-state index in [0.717, 1.165) is 30.2 Å². The molecule has 0 fully saturated rings. The van der Waals surface area contributed by atoms with Crippen LogP contribution in [-0.4, -0.2) is 26.9 Å². The minimum absolute atomic E-state index is 0.0656. The molecule has 0 saturated carbocycles. The van der Waals surface area contributed by atoms with Gasteiger partial charge in [0.15, 0.2) is 11.5 Å². The van der Waals surface area contributed by atoms with Crippen LogP contribution in [0.2, 0.25) is 0 Å². The molecular formula is C24H33NO3. The number of fused-ring (bicyclic) bond motifs is 1. The summed E-state index contributed by atoms with van der Waals surface area (Å²) in [4.78, 5) is 0. The highest BCUT2D eigenvalue weighted by molar-refractivity contribution is 5.54. The molecule has 2 aromatic carbocycles. The molecule has 0 spiro atoms. The summed E-state index contributed by atoms with van der Waals surface area (Å²) in [6, 6.07) is 10.9. The fourth-order valence-corrected chi connectivity index (χ4v) is 3.80. The highest BCUT2D eigenvalue weighted by Gasteiger charge is 2.27. The smallest absolute Gasteiger partial charge is 0.161 e. The van der Waals surface area contributed by atoms with Crippen LogP contribution in [0.4, 0.5) is 0 Å². The van der Waals surface area contributed by atoms with Gasteiger partial charge < -0.3 is 19.5 Å². The Morgan fingerprint density at radius 3 is 2.21 bits per heavy atom. The van der Waals surface area contributed by atoms with Gasteiger partial charge in [-0.1, -0.05) is 26.8 Å². The minimum atomic E-state index is 0.0656. The van der Waals surface area contributed by atoms with Crippen molar-refractivity contribution in [3.63, 3.8) is 0 Å². The lowest BCUT2D eigenvalue weighted by Crippen LogP contribution is -2.31. The molecular weight excluding hydrogens is 350 g/mol. The topological polar surface area (TPSA) is 39.7 Å². The Labute approximate surface area is 169 Å². The average Bonchev–Trinajstić information content (AvgIpc) is 2.67. The molecule has 0 saturated heterocycles. The molecule has 1 aliphatic rings. The number of ether oxygens (including phenoxy) is 3. The van der Waals surface area contributed by atoms with Gasteiger partial charge in [-0.25, -0.2) is 0 Å². The van der Waals surface area contributed by atoms with Crippen LogP contribution >= 0.6 is 0 Å². The van der Waals surface area contributed by atoms with Gasteiger partial charge in [-0.3, -0.25) is 0 Å². The zero-order chi connectivity index (χ0) is 20.3. The maximum absolute atomic E-state index is 5.89. The lowest BCUT2D eigenvalue weighted by atomic mass is 9.83. The first kappa shape index (κ1) is 20.5. The third-order valence-corrected chi connectivity index (χ3v) is 5.27. The van der Waals surface area contributed by atoms with Crippen molar-refractivity contribution < 1.29 is 14.2 Å². The Morgan fingerprint density at radius 1 is 0.929 bits per heavy atom. The Morgan fingerprint density at radius 2 is 1.61 bits per heavy atom. The van der Waals surface area contributed by atoms with E-state index in [0.29, 0.717) is 13.2 Å². The van der Waals surface area contributed by atoms with Crippen LogP contribution in [-0.2, 0) is 11.8 Å². The van der Waals surface area contributed by atoms with Gasteiger partial charge in [0.1, 0.15) is 5.75 Å². The van der Waals surface area contributed by atoms with Crippen LogP contribution in [0.1, 0.15) is 62.9 Å². The van der Waals surface area contributed by atoms with Crippen molar-refractivity contribution in [2.24, 2.45) is 0 Å². The molecule has 28 heavy (non-hydrogen) atoms. The van der Waals surface area contributed by atoms with Crippen LogP contribution in [0.25, 0.3) is 0 Å². The van der Waals surface area contributed by atoms with E-state index in [1.807, 2.05) is 13.8 Å². The zero-order valence-corrected chi connectivity index (χ0v) is 18.0. The fraction of sp³-hybridized carbons (Fsp3) is 0.500. The molecule has 0 bridgehead atoms. The van der Waals surface area contributed by atoms with Crippen molar-refractivity contribution in [1.29, 1.82) is 0 Å². The van der Waals surface area contributed by atoms with E-state index in [1.54, 1.807) is 7.11 Å². The van der Waals surface area contributed by atoms with Gasteiger partial charge in [-0.2, -0.15) is 0 Å². The Kier molecular flexibility index (Phi) is 6.19. The standard InChI is InChI=1S/C24H33NO3/c1-7-27-21-13-16-11-12-25-23(18(16)15-22(21)28-8-2)19-14-17(24(3,4)5)9-10-20(19)26-6/h9-10,13-15,23,25H,7-8,11-12H2,1-6H3. The monoisotopic (exact) mass is 383 g/mol. The highest BCUT2D eigenvalue weighted by atomic mass is 16.5. The van der Waals surface area contributed by atoms with Crippen molar-refractivity contribution >= 4 is 0 Å². The van der Waals surface area contributed by atoms with Crippen LogP contribution in [0, 0.1) is 0 Å². The predicted molar refractivity (Wildman–Crippen MR) is 114 cm³/mol. The molecule has 1 unspecified atom stereocenters. The maximum atomic E-state index is 5.89. The molecule has 3 rings (SSSR count). The predicted octanol–water partition coefficient (Wildman–Crippen LogP) is 5.03. The number of nitrogens with one attached hydrogen (secondary N) is 1. The van der Waals surface area contributed by atoms with Crippen molar-refractivity contribution in [2.45, 2.75) is 52.5 Å². The summed E-state index contributed by atoms with van der Waals surface area (Å²) in [7, 11) is 1.74. The van der Waals surface area contributed by atoms with E-state index in [9.17, 15) is 0 Å². The molecule has 1 N–H and O–H groups in total. The first-order valence-electron chi connectivity index (χ1n) is 10.2. The Balaban J connectivity index is 2.12. The van der Waals surface area contributed by atoms with Gasteiger partial charge in [0.05, 0.1) is 26.4 Å². The normalized spacial score (nSPS) is 16.4. The lowest BCUT2D eigenvalue weighted by Gasteiger charge is -2.31. The molecule has 0 amide bonds. The second-order valence-corrected chi connectivity index (χ2v) is 8.21. The number of hydrogen-bond acceptors (Lipinski definition) is 4. The molecule has 0 aromatic heterocycles. The van der Waals surface area contributed by atoms with Gasteiger partial charge in [0, 0.05) is 12.1 Å². The van der Waals surface area contributed by atoms with Gasteiger partial charge in [0.2, 0.25) is 0 Å². The second-order valence-electron chi connectivity index (χ2n) is 8.21. The molecule has 0 aliphatic carbocycles. The largest absolute Gasteiger partial charge is 0.496 e. The quantitative estimate of drug-likeness (QED) is 0.760. The molecule has 2 aromatic rings. The SMILES string of the molecule is CCOc1cc2c(cc1OCC)C(c1cc(C(C)(C)C)ccc1OC)NCC2. The average molecular weight is 384 g/mol. The molecule has 1 atom stereocenters. The van der Waals surface area contributed by atoms with E-state index in [2.05, 4.69) is 56.4 Å². The number of methoxy groups -OCH3 is 1. The van der Waals surface area contributed by atoms with E-state index >= 15 is 0 Å².